The van der Waals surface area contributed by atoms with E-state index in [2.05, 4.69) is 56.6 Å². The molecule has 0 aromatic heterocycles. The maximum atomic E-state index is 3.64. The van der Waals surface area contributed by atoms with Crippen LogP contribution >= 0.6 is 11.8 Å². The van der Waals surface area contributed by atoms with Crippen molar-refractivity contribution in [2.45, 2.75) is 38.5 Å². The van der Waals surface area contributed by atoms with Crippen LogP contribution in [0.25, 0.3) is 0 Å². The summed E-state index contributed by atoms with van der Waals surface area (Å²) >= 11 is 1.91. The molecule has 1 rings (SSSR count). The van der Waals surface area contributed by atoms with E-state index in [1.165, 1.54) is 11.1 Å². The van der Waals surface area contributed by atoms with Gasteiger partial charge < -0.3 is 5.32 Å². The zero-order valence-corrected chi connectivity index (χ0v) is 11.6. The molecule has 16 heavy (non-hydrogen) atoms. The van der Waals surface area contributed by atoms with E-state index in [1.807, 2.05) is 11.8 Å². The van der Waals surface area contributed by atoms with Gasteiger partial charge in [0.15, 0.2) is 0 Å². The minimum absolute atomic E-state index is 0.496. The minimum Gasteiger partial charge on any atom is -0.309 e. The van der Waals surface area contributed by atoms with E-state index in [1.54, 1.807) is 0 Å². The van der Waals surface area contributed by atoms with Gasteiger partial charge in [0.2, 0.25) is 0 Å². The van der Waals surface area contributed by atoms with Gasteiger partial charge in [0.25, 0.3) is 0 Å². The molecule has 90 valence electrons. The predicted octanol–water partition coefficient (Wildman–Crippen LogP) is 3.79. The van der Waals surface area contributed by atoms with Crippen molar-refractivity contribution in [3.63, 3.8) is 0 Å². The van der Waals surface area contributed by atoms with Gasteiger partial charge in [0.1, 0.15) is 0 Å². The van der Waals surface area contributed by atoms with Crippen LogP contribution in [0, 0.1) is 6.92 Å². The number of thioether (sulfide) groups is 1. The van der Waals surface area contributed by atoms with Crippen molar-refractivity contribution in [1.82, 2.24) is 5.32 Å². The quantitative estimate of drug-likeness (QED) is 0.808. The molecule has 1 N–H and O–H groups in total. The van der Waals surface area contributed by atoms with Gasteiger partial charge in [-0.25, -0.2) is 0 Å². The van der Waals surface area contributed by atoms with E-state index in [9.17, 15) is 0 Å². The van der Waals surface area contributed by atoms with E-state index in [0.717, 1.165) is 13.0 Å². The molecule has 0 bridgehead atoms. The molecule has 0 radical (unpaired) electrons. The van der Waals surface area contributed by atoms with Crippen LogP contribution in [0.3, 0.4) is 0 Å². The number of aryl methyl sites for hydroxylation is 1. The lowest BCUT2D eigenvalue weighted by atomic mass is 10.0. The van der Waals surface area contributed by atoms with Gasteiger partial charge in [-0.2, -0.15) is 11.8 Å². The third-order valence-corrected chi connectivity index (χ3v) is 3.91. The molecule has 2 heteroatoms. The SMILES string of the molecule is CCC(NCC(C)SC)c1ccc(C)cc1. The Hall–Kier alpha value is -0.470. The molecule has 0 aliphatic rings. The van der Waals surface area contributed by atoms with Crippen LogP contribution in [0.1, 0.15) is 37.4 Å². The first-order valence-corrected chi connectivity index (χ1v) is 7.29. The van der Waals surface area contributed by atoms with Gasteiger partial charge in [-0.15, -0.1) is 0 Å². The van der Waals surface area contributed by atoms with Crippen molar-refractivity contribution in [1.29, 1.82) is 0 Å². The Bertz CT molecular complexity index is 294. The van der Waals surface area contributed by atoms with Crippen LogP contribution in [0.4, 0.5) is 0 Å². The summed E-state index contributed by atoms with van der Waals surface area (Å²) in [5.74, 6) is 0. The molecule has 0 amide bonds. The molecule has 1 nitrogen and oxygen atoms in total. The van der Waals surface area contributed by atoms with Gasteiger partial charge in [-0.1, -0.05) is 43.7 Å². The van der Waals surface area contributed by atoms with Gasteiger partial charge in [0, 0.05) is 17.8 Å². The lowest BCUT2D eigenvalue weighted by Gasteiger charge is -2.19. The van der Waals surface area contributed by atoms with Crippen molar-refractivity contribution >= 4 is 11.8 Å². The summed E-state index contributed by atoms with van der Waals surface area (Å²) in [6.45, 7) is 7.71. The Balaban J connectivity index is 2.57. The molecular weight excluding hydrogens is 214 g/mol. The lowest BCUT2D eigenvalue weighted by Crippen LogP contribution is -2.27. The van der Waals surface area contributed by atoms with Crippen LogP contribution < -0.4 is 5.32 Å². The van der Waals surface area contributed by atoms with E-state index >= 15 is 0 Å². The van der Waals surface area contributed by atoms with Crippen molar-refractivity contribution in [2.24, 2.45) is 0 Å². The highest BCUT2D eigenvalue weighted by molar-refractivity contribution is 7.99. The molecule has 0 aliphatic heterocycles. The standard InChI is InChI=1S/C14H23NS/c1-5-14(15-10-12(3)16-4)13-8-6-11(2)7-9-13/h6-9,12,14-15H,5,10H2,1-4H3. The van der Waals surface area contributed by atoms with E-state index < -0.39 is 0 Å². The largest absolute Gasteiger partial charge is 0.309 e. The normalized spacial score (nSPS) is 14.8. The van der Waals surface area contributed by atoms with Crippen molar-refractivity contribution < 1.29 is 0 Å². The molecule has 2 atom stereocenters. The molecule has 0 fully saturated rings. The first kappa shape index (κ1) is 13.6. The second kappa shape index (κ2) is 6.97. The topological polar surface area (TPSA) is 12.0 Å². The number of benzene rings is 1. The van der Waals surface area contributed by atoms with Gasteiger partial charge in [-0.05, 0) is 25.2 Å². The van der Waals surface area contributed by atoms with Crippen LogP contribution in [0.2, 0.25) is 0 Å². The zero-order valence-electron chi connectivity index (χ0n) is 10.8. The Labute approximate surface area is 104 Å². The fourth-order valence-corrected chi connectivity index (χ4v) is 1.95. The molecule has 0 spiro atoms. The highest BCUT2D eigenvalue weighted by Gasteiger charge is 2.09. The summed E-state index contributed by atoms with van der Waals surface area (Å²) in [6, 6.07) is 9.35. The Morgan fingerprint density at radius 1 is 1.25 bits per heavy atom. The fraction of sp³-hybridized carbons (Fsp3) is 0.571. The Morgan fingerprint density at radius 2 is 1.88 bits per heavy atom. The second-order valence-corrected chi connectivity index (χ2v) is 5.60. The first-order chi connectivity index (χ1) is 7.67. The van der Waals surface area contributed by atoms with Crippen LogP contribution in [-0.4, -0.2) is 18.1 Å². The molecule has 0 saturated heterocycles. The summed E-state index contributed by atoms with van der Waals surface area (Å²) in [7, 11) is 0. The number of hydrogen-bond acceptors (Lipinski definition) is 2. The average molecular weight is 237 g/mol. The van der Waals surface area contributed by atoms with E-state index in [-0.39, 0.29) is 0 Å². The van der Waals surface area contributed by atoms with Crippen LogP contribution in [0.15, 0.2) is 24.3 Å². The summed E-state index contributed by atoms with van der Waals surface area (Å²) < 4.78 is 0. The van der Waals surface area contributed by atoms with E-state index in [0.29, 0.717) is 11.3 Å². The van der Waals surface area contributed by atoms with Gasteiger partial charge in [0.05, 0.1) is 0 Å². The number of nitrogens with one attached hydrogen (secondary N) is 1. The molecule has 1 aromatic carbocycles. The first-order valence-electron chi connectivity index (χ1n) is 6.00. The molecular formula is C14H23NS. The molecule has 2 unspecified atom stereocenters. The van der Waals surface area contributed by atoms with Gasteiger partial charge >= 0.3 is 0 Å². The minimum atomic E-state index is 0.496. The third kappa shape index (κ3) is 4.18. The summed E-state index contributed by atoms with van der Waals surface area (Å²) in [4.78, 5) is 0. The van der Waals surface area contributed by atoms with Crippen LogP contribution in [-0.2, 0) is 0 Å². The summed E-state index contributed by atoms with van der Waals surface area (Å²) in [5, 5.41) is 4.32. The Morgan fingerprint density at radius 3 is 2.38 bits per heavy atom. The number of rotatable bonds is 6. The highest BCUT2D eigenvalue weighted by atomic mass is 32.2. The second-order valence-electron chi connectivity index (χ2n) is 4.33. The third-order valence-electron chi connectivity index (χ3n) is 2.94. The monoisotopic (exact) mass is 237 g/mol. The average Bonchev–Trinajstić information content (AvgIpc) is 2.31. The molecule has 1 aromatic rings. The number of hydrogen-bond donors (Lipinski definition) is 1. The highest BCUT2D eigenvalue weighted by Crippen LogP contribution is 2.17. The molecule has 0 heterocycles. The fourth-order valence-electron chi connectivity index (χ4n) is 1.69. The van der Waals surface area contributed by atoms with Crippen LogP contribution in [0.5, 0.6) is 0 Å². The van der Waals surface area contributed by atoms with E-state index in [4.69, 9.17) is 0 Å². The summed E-state index contributed by atoms with van der Waals surface area (Å²) in [6.07, 6.45) is 3.31. The molecule has 0 aliphatic carbocycles. The summed E-state index contributed by atoms with van der Waals surface area (Å²) in [5.41, 5.74) is 2.73. The predicted molar refractivity (Wildman–Crippen MR) is 75.2 cm³/mol. The smallest absolute Gasteiger partial charge is 0.0318 e. The van der Waals surface area contributed by atoms with Crippen molar-refractivity contribution in [2.75, 3.05) is 12.8 Å². The zero-order chi connectivity index (χ0) is 12.0. The van der Waals surface area contributed by atoms with Crippen molar-refractivity contribution in [3.8, 4) is 0 Å². The van der Waals surface area contributed by atoms with Gasteiger partial charge in [-0.3, -0.25) is 0 Å². The Kier molecular flexibility index (Phi) is 5.93. The lowest BCUT2D eigenvalue weighted by molar-refractivity contribution is 0.522. The molecule has 0 saturated carbocycles. The maximum Gasteiger partial charge on any atom is 0.0318 e. The van der Waals surface area contributed by atoms with Crippen molar-refractivity contribution in [3.05, 3.63) is 35.4 Å². The maximum absolute atomic E-state index is 3.64.